The molecule has 2 rings (SSSR count). The topological polar surface area (TPSA) is 98.1 Å². The highest BCUT2D eigenvalue weighted by Gasteiger charge is 2.19. The zero-order valence-electron chi connectivity index (χ0n) is 10.0. The van der Waals surface area contributed by atoms with Crippen LogP contribution >= 0.6 is 11.6 Å². The van der Waals surface area contributed by atoms with Crippen LogP contribution in [0.2, 0.25) is 5.15 Å². The SMILES string of the molecule is NC(=O)c1nc(Cl)c(N2CCCCCC2)nc1N. The van der Waals surface area contributed by atoms with Crippen LogP contribution in [0.25, 0.3) is 0 Å². The van der Waals surface area contributed by atoms with Gasteiger partial charge >= 0.3 is 0 Å². The number of rotatable bonds is 2. The smallest absolute Gasteiger partial charge is 0.271 e. The molecule has 0 bridgehead atoms. The van der Waals surface area contributed by atoms with Crippen molar-refractivity contribution in [3.05, 3.63) is 10.8 Å². The second-order valence-corrected chi connectivity index (χ2v) is 4.70. The van der Waals surface area contributed by atoms with Crippen molar-refractivity contribution < 1.29 is 4.79 Å². The molecule has 0 atom stereocenters. The van der Waals surface area contributed by atoms with Crippen LogP contribution < -0.4 is 16.4 Å². The van der Waals surface area contributed by atoms with Crippen LogP contribution in [-0.4, -0.2) is 29.0 Å². The van der Waals surface area contributed by atoms with Gasteiger partial charge in [0, 0.05) is 13.1 Å². The van der Waals surface area contributed by atoms with E-state index >= 15 is 0 Å². The van der Waals surface area contributed by atoms with Gasteiger partial charge in [0.15, 0.2) is 22.5 Å². The average molecular weight is 270 g/mol. The molecule has 1 fully saturated rings. The van der Waals surface area contributed by atoms with E-state index in [0.29, 0.717) is 5.82 Å². The van der Waals surface area contributed by atoms with Crippen molar-refractivity contribution in [3.63, 3.8) is 0 Å². The normalized spacial score (nSPS) is 16.4. The van der Waals surface area contributed by atoms with Crippen LogP contribution in [0.15, 0.2) is 0 Å². The molecule has 0 aliphatic carbocycles. The average Bonchev–Trinajstić information content (AvgIpc) is 2.60. The van der Waals surface area contributed by atoms with Gasteiger partial charge in [-0.3, -0.25) is 4.79 Å². The van der Waals surface area contributed by atoms with E-state index in [9.17, 15) is 4.79 Å². The number of nitrogens with two attached hydrogens (primary N) is 2. The molecule has 1 aromatic heterocycles. The van der Waals surface area contributed by atoms with Crippen molar-refractivity contribution in [3.8, 4) is 0 Å². The fourth-order valence-corrected chi connectivity index (χ4v) is 2.33. The van der Waals surface area contributed by atoms with Crippen molar-refractivity contribution in [2.45, 2.75) is 25.7 Å². The first-order chi connectivity index (χ1) is 8.59. The van der Waals surface area contributed by atoms with Gasteiger partial charge in [-0.25, -0.2) is 9.97 Å². The molecule has 1 aliphatic heterocycles. The summed E-state index contributed by atoms with van der Waals surface area (Å²) in [4.78, 5) is 21.3. The quantitative estimate of drug-likeness (QED) is 0.840. The first kappa shape index (κ1) is 12.9. The third-order valence-electron chi connectivity index (χ3n) is 3.00. The molecule has 2 heterocycles. The molecule has 1 amide bonds. The third kappa shape index (κ3) is 2.64. The number of carbonyl (C=O) groups is 1. The lowest BCUT2D eigenvalue weighted by Gasteiger charge is -2.22. The lowest BCUT2D eigenvalue weighted by molar-refractivity contribution is 0.0996. The fourth-order valence-electron chi connectivity index (χ4n) is 2.08. The van der Waals surface area contributed by atoms with Gasteiger partial charge in [0.05, 0.1) is 0 Å². The Morgan fingerprint density at radius 1 is 1.17 bits per heavy atom. The molecule has 1 aliphatic rings. The van der Waals surface area contributed by atoms with Crippen LogP contribution in [-0.2, 0) is 0 Å². The summed E-state index contributed by atoms with van der Waals surface area (Å²) >= 11 is 6.05. The van der Waals surface area contributed by atoms with Gasteiger partial charge < -0.3 is 16.4 Å². The maximum absolute atomic E-state index is 11.1. The summed E-state index contributed by atoms with van der Waals surface area (Å²) < 4.78 is 0. The maximum Gasteiger partial charge on any atom is 0.271 e. The summed E-state index contributed by atoms with van der Waals surface area (Å²) in [6, 6.07) is 0. The minimum Gasteiger partial charge on any atom is -0.382 e. The summed E-state index contributed by atoms with van der Waals surface area (Å²) in [6.45, 7) is 1.76. The zero-order chi connectivity index (χ0) is 13.1. The van der Waals surface area contributed by atoms with Crippen molar-refractivity contribution in [1.29, 1.82) is 0 Å². The van der Waals surface area contributed by atoms with Gasteiger partial charge in [-0.2, -0.15) is 0 Å². The maximum atomic E-state index is 11.1. The molecule has 0 radical (unpaired) electrons. The van der Waals surface area contributed by atoms with Crippen LogP contribution in [0, 0.1) is 0 Å². The Labute approximate surface area is 110 Å². The zero-order valence-corrected chi connectivity index (χ0v) is 10.8. The van der Waals surface area contributed by atoms with Crippen LogP contribution in [0.3, 0.4) is 0 Å². The van der Waals surface area contributed by atoms with Gasteiger partial charge in [0.25, 0.3) is 5.91 Å². The Bertz CT molecular complexity index is 457. The second-order valence-electron chi connectivity index (χ2n) is 4.34. The second kappa shape index (κ2) is 5.39. The standard InChI is InChI=1S/C11H16ClN5O/c12-8-11(17-5-3-1-2-4-6-17)16-9(13)7(15-8)10(14)18/h1-6H2,(H2,13,16)(H2,14,18). The molecular formula is C11H16ClN5O. The number of carbonyl (C=O) groups excluding carboxylic acids is 1. The van der Waals surface area contributed by atoms with Crippen LogP contribution in [0.4, 0.5) is 11.6 Å². The van der Waals surface area contributed by atoms with Crippen LogP contribution in [0.5, 0.6) is 0 Å². The van der Waals surface area contributed by atoms with Gasteiger partial charge in [0.1, 0.15) is 0 Å². The minimum absolute atomic E-state index is 0.0335. The molecule has 1 saturated heterocycles. The number of amides is 1. The van der Waals surface area contributed by atoms with E-state index in [4.69, 9.17) is 23.1 Å². The Morgan fingerprint density at radius 2 is 1.78 bits per heavy atom. The number of nitrogen functional groups attached to an aromatic ring is 1. The first-order valence-corrected chi connectivity index (χ1v) is 6.35. The van der Waals surface area contributed by atoms with E-state index in [0.717, 1.165) is 25.9 Å². The molecule has 0 saturated carbocycles. The van der Waals surface area contributed by atoms with Crippen molar-refractivity contribution in [2.75, 3.05) is 23.7 Å². The Kier molecular flexibility index (Phi) is 3.86. The highest BCUT2D eigenvalue weighted by atomic mass is 35.5. The summed E-state index contributed by atoms with van der Waals surface area (Å²) in [5.74, 6) is -0.142. The first-order valence-electron chi connectivity index (χ1n) is 5.97. The third-order valence-corrected chi connectivity index (χ3v) is 3.26. The minimum atomic E-state index is -0.718. The molecule has 7 heteroatoms. The number of anilines is 2. The number of nitrogens with zero attached hydrogens (tertiary/aromatic N) is 3. The lowest BCUT2D eigenvalue weighted by atomic mass is 10.2. The van der Waals surface area contributed by atoms with Crippen molar-refractivity contribution >= 4 is 29.1 Å². The highest BCUT2D eigenvalue weighted by Crippen LogP contribution is 2.26. The van der Waals surface area contributed by atoms with E-state index < -0.39 is 5.91 Å². The Morgan fingerprint density at radius 3 is 2.33 bits per heavy atom. The highest BCUT2D eigenvalue weighted by molar-refractivity contribution is 6.32. The summed E-state index contributed by atoms with van der Waals surface area (Å²) in [5.41, 5.74) is 10.7. The summed E-state index contributed by atoms with van der Waals surface area (Å²) in [6.07, 6.45) is 4.60. The lowest BCUT2D eigenvalue weighted by Crippen LogP contribution is -2.27. The molecule has 0 spiro atoms. The van der Waals surface area contributed by atoms with Crippen molar-refractivity contribution in [1.82, 2.24) is 9.97 Å². The summed E-state index contributed by atoms with van der Waals surface area (Å²) in [5, 5.41) is 0.180. The predicted molar refractivity (Wildman–Crippen MR) is 70.7 cm³/mol. The van der Waals surface area contributed by atoms with E-state index in [1.54, 1.807) is 0 Å². The van der Waals surface area contributed by atoms with Crippen molar-refractivity contribution in [2.24, 2.45) is 5.73 Å². The molecule has 6 nitrogen and oxygen atoms in total. The number of halogens is 1. The van der Waals surface area contributed by atoms with Crippen LogP contribution in [0.1, 0.15) is 36.2 Å². The number of aromatic nitrogens is 2. The Hall–Kier alpha value is -1.56. The fraction of sp³-hybridized carbons (Fsp3) is 0.545. The van der Waals surface area contributed by atoms with Gasteiger partial charge in [-0.05, 0) is 12.8 Å². The summed E-state index contributed by atoms with van der Waals surface area (Å²) in [7, 11) is 0. The predicted octanol–water partition coefficient (Wildman–Crippen LogP) is 1.19. The van der Waals surface area contributed by atoms with E-state index in [1.165, 1.54) is 12.8 Å². The number of hydrogen-bond acceptors (Lipinski definition) is 5. The molecule has 18 heavy (non-hydrogen) atoms. The Balaban J connectivity index is 2.33. The van der Waals surface area contributed by atoms with Gasteiger partial charge in [-0.1, -0.05) is 24.4 Å². The number of primary amides is 1. The van der Waals surface area contributed by atoms with Gasteiger partial charge in [0.2, 0.25) is 0 Å². The molecule has 0 aromatic carbocycles. The molecule has 4 N–H and O–H groups in total. The molecular weight excluding hydrogens is 254 g/mol. The largest absolute Gasteiger partial charge is 0.382 e. The molecule has 1 aromatic rings. The molecule has 0 unspecified atom stereocenters. The van der Waals surface area contributed by atoms with Gasteiger partial charge in [-0.15, -0.1) is 0 Å². The van der Waals surface area contributed by atoms with E-state index in [-0.39, 0.29) is 16.7 Å². The molecule has 98 valence electrons. The van der Waals surface area contributed by atoms with E-state index in [1.807, 2.05) is 0 Å². The van der Waals surface area contributed by atoms with E-state index in [2.05, 4.69) is 14.9 Å². The monoisotopic (exact) mass is 269 g/mol. The number of hydrogen-bond donors (Lipinski definition) is 2.